The van der Waals surface area contributed by atoms with Crippen LogP contribution in [0.5, 0.6) is 0 Å². The number of hydrogen-bond acceptors (Lipinski definition) is 1. The van der Waals surface area contributed by atoms with E-state index in [1.54, 1.807) is 0 Å². The fourth-order valence-electron chi connectivity index (χ4n) is 5.22. The highest BCUT2D eigenvalue weighted by molar-refractivity contribution is 6.11. The van der Waals surface area contributed by atoms with Gasteiger partial charge in [-0.05, 0) is 47.0 Å². The van der Waals surface area contributed by atoms with Crippen molar-refractivity contribution >= 4 is 49.9 Å². The minimum atomic E-state index is 0.921. The molecular formula is C32H21NO. The van der Waals surface area contributed by atoms with Crippen LogP contribution in [-0.2, 0) is 0 Å². The number of fused-ring (bicyclic) bond motifs is 6. The van der Waals surface area contributed by atoms with E-state index in [9.17, 15) is 0 Å². The first kappa shape index (κ1) is 19.0. The third-order valence-corrected chi connectivity index (χ3v) is 6.80. The lowest BCUT2D eigenvalue weighted by molar-refractivity contribution is 0.670. The molecule has 0 aliphatic carbocycles. The molecule has 2 heterocycles. The summed E-state index contributed by atoms with van der Waals surface area (Å²) in [6.07, 6.45) is 1.89. The van der Waals surface area contributed by atoms with Crippen molar-refractivity contribution in [1.29, 1.82) is 0 Å². The third kappa shape index (κ3) is 2.69. The second-order valence-corrected chi connectivity index (χ2v) is 8.66. The van der Waals surface area contributed by atoms with Crippen LogP contribution in [0.15, 0.2) is 120 Å². The predicted molar refractivity (Wildman–Crippen MR) is 144 cm³/mol. The highest BCUT2D eigenvalue weighted by atomic mass is 16.3. The van der Waals surface area contributed by atoms with E-state index in [2.05, 4.69) is 108 Å². The molecule has 160 valence electrons. The summed E-state index contributed by atoms with van der Waals surface area (Å²) in [6.45, 7) is 4.02. The van der Waals surface area contributed by atoms with E-state index in [1.807, 2.05) is 18.3 Å². The Morgan fingerprint density at radius 3 is 2.18 bits per heavy atom. The molecule has 7 rings (SSSR count). The van der Waals surface area contributed by atoms with Crippen molar-refractivity contribution in [2.24, 2.45) is 0 Å². The molecule has 7 aromatic rings. The van der Waals surface area contributed by atoms with Gasteiger partial charge in [0.05, 0.1) is 11.0 Å². The van der Waals surface area contributed by atoms with Crippen LogP contribution in [0, 0.1) is 0 Å². The van der Waals surface area contributed by atoms with E-state index in [0.29, 0.717) is 0 Å². The van der Waals surface area contributed by atoms with E-state index >= 15 is 0 Å². The molecule has 5 aromatic carbocycles. The summed E-state index contributed by atoms with van der Waals surface area (Å²) in [6, 6.07) is 38.5. The van der Waals surface area contributed by atoms with Crippen LogP contribution in [0.25, 0.3) is 72.2 Å². The Bertz CT molecular complexity index is 1880. The standard InChI is InChI=1S/C32H21NO/c1-2-33-29-15-5-3-11-25(29)28-20-22(17-18-30(28)33)21-9-7-10-23(19-21)24-13-8-14-27-26-12-4-6-16-31(26)34-32(24)27/h2-20H,1H2. The molecule has 0 aliphatic heterocycles. The number of benzene rings is 5. The number of rotatable bonds is 3. The molecule has 0 unspecified atom stereocenters. The normalized spacial score (nSPS) is 11.6. The zero-order chi connectivity index (χ0) is 22.6. The van der Waals surface area contributed by atoms with Gasteiger partial charge < -0.3 is 8.98 Å². The van der Waals surface area contributed by atoms with Crippen molar-refractivity contribution in [3.8, 4) is 22.3 Å². The highest BCUT2D eigenvalue weighted by Gasteiger charge is 2.13. The minimum absolute atomic E-state index is 0.921. The summed E-state index contributed by atoms with van der Waals surface area (Å²) in [5.41, 5.74) is 8.84. The van der Waals surface area contributed by atoms with Crippen LogP contribution >= 0.6 is 0 Å². The minimum Gasteiger partial charge on any atom is -0.455 e. The van der Waals surface area contributed by atoms with Gasteiger partial charge in [0, 0.05) is 33.3 Å². The van der Waals surface area contributed by atoms with E-state index in [-0.39, 0.29) is 0 Å². The summed E-state index contributed by atoms with van der Waals surface area (Å²) >= 11 is 0. The molecule has 34 heavy (non-hydrogen) atoms. The molecule has 2 nitrogen and oxygen atoms in total. The smallest absolute Gasteiger partial charge is 0.143 e. The largest absolute Gasteiger partial charge is 0.455 e. The van der Waals surface area contributed by atoms with Gasteiger partial charge in [0.2, 0.25) is 0 Å². The predicted octanol–water partition coefficient (Wildman–Crippen LogP) is 9.13. The summed E-state index contributed by atoms with van der Waals surface area (Å²) in [5.74, 6) is 0. The number of para-hydroxylation sites is 3. The molecule has 0 saturated heterocycles. The number of hydrogen-bond donors (Lipinski definition) is 0. The van der Waals surface area contributed by atoms with Crippen molar-refractivity contribution < 1.29 is 4.42 Å². The monoisotopic (exact) mass is 435 g/mol. The van der Waals surface area contributed by atoms with Crippen LogP contribution in [-0.4, -0.2) is 4.57 Å². The average molecular weight is 436 g/mol. The first-order valence-electron chi connectivity index (χ1n) is 11.5. The Balaban J connectivity index is 1.42. The van der Waals surface area contributed by atoms with Crippen LogP contribution in [0.3, 0.4) is 0 Å². The Labute approximate surface area is 197 Å². The molecular weight excluding hydrogens is 414 g/mol. The lowest BCUT2D eigenvalue weighted by Crippen LogP contribution is -1.85. The van der Waals surface area contributed by atoms with Gasteiger partial charge in [-0.2, -0.15) is 0 Å². The molecule has 0 bridgehead atoms. The Hall–Kier alpha value is -4.56. The topological polar surface area (TPSA) is 18.1 Å². The summed E-state index contributed by atoms with van der Waals surface area (Å²) < 4.78 is 8.45. The van der Waals surface area contributed by atoms with Crippen molar-refractivity contribution in [3.63, 3.8) is 0 Å². The first-order valence-corrected chi connectivity index (χ1v) is 11.5. The zero-order valence-electron chi connectivity index (χ0n) is 18.5. The van der Waals surface area contributed by atoms with Crippen molar-refractivity contribution in [3.05, 3.63) is 116 Å². The molecule has 0 atom stereocenters. The maximum Gasteiger partial charge on any atom is 0.143 e. The van der Waals surface area contributed by atoms with Crippen LogP contribution in [0.2, 0.25) is 0 Å². The van der Waals surface area contributed by atoms with Crippen molar-refractivity contribution in [2.45, 2.75) is 0 Å². The van der Waals surface area contributed by atoms with Gasteiger partial charge in [-0.25, -0.2) is 0 Å². The van der Waals surface area contributed by atoms with Crippen LogP contribution in [0.4, 0.5) is 0 Å². The first-order chi connectivity index (χ1) is 16.8. The molecule has 0 saturated carbocycles. The number of furan rings is 1. The highest BCUT2D eigenvalue weighted by Crippen LogP contribution is 2.38. The summed E-state index contributed by atoms with van der Waals surface area (Å²) in [7, 11) is 0. The molecule has 0 amide bonds. The van der Waals surface area contributed by atoms with Gasteiger partial charge in [-0.3, -0.25) is 0 Å². The lowest BCUT2D eigenvalue weighted by atomic mass is 9.97. The lowest BCUT2D eigenvalue weighted by Gasteiger charge is -2.08. The van der Waals surface area contributed by atoms with Gasteiger partial charge in [0.1, 0.15) is 11.2 Å². The van der Waals surface area contributed by atoms with E-state index in [0.717, 1.165) is 33.1 Å². The fourth-order valence-corrected chi connectivity index (χ4v) is 5.22. The van der Waals surface area contributed by atoms with E-state index in [4.69, 9.17) is 4.42 Å². The van der Waals surface area contributed by atoms with Crippen molar-refractivity contribution in [1.82, 2.24) is 4.57 Å². The van der Waals surface area contributed by atoms with Gasteiger partial charge in [0.15, 0.2) is 0 Å². The van der Waals surface area contributed by atoms with Gasteiger partial charge in [-0.15, -0.1) is 0 Å². The molecule has 0 aliphatic rings. The van der Waals surface area contributed by atoms with E-state index < -0.39 is 0 Å². The van der Waals surface area contributed by atoms with E-state index in [1.165, 1.54) is 32.9 Å². The fraction of sp³-hybridized carbons (Fsp3) is 0. The molecule has 0 radical (unpaired) electrons. The Morgan fingerprint density at radius 2 is 1.26 bits per heavy atom. The second-order valence-electron chi connectivity index (χ2n) is 8.66. The van der Waals surface area contributed by atoms with Crippen LogP contribution in [0.1, 0.15) is 0 Å². The second kappa shape index (κ2) is 7.23. The molecule has 0 spiro atoms. The number of aromatic nitrogens is 1. The SMILES string of the molecule is C=Cn1c2ccccc2c2cc(-c3cccc(-c4cccc5c4oc4ccccc45)c3)ccc21. The molecule has 2 heteroatoms. The summed E-state index contributed by atoms with van der Waals surface area (Å²) in [5, 5.41) is 4.77. The molecule has 2 aromatic heterocycles. The van der Waals surface area contributed by atoms with Gasteiger partial charge in [-0.1, -0.05) is 85.4 Å². The quantitative estimate of drug-likeness (QED) is 0.271. The third-order valence-electron chi connectivity index (χ3n) is 6.80. The maximum absolute atomic E-state index is 6.29. The van der Waals surface area contributed by atoms with Gasteiger partial charge >= 0.3 is 0 Å². The summed E-state index contributed by atoms with van der Waals surface area (Å²) in [4.78, 5) is 0. The van der Waals surface area contributed by atoms with Gasteiger partial charge in [0.25, 0.3) is 0 Å². The Morgan fingerprint density at radius 1 is 0.559 bits per heavy atom. The Kier molecular flexibility index (Phi) is 4.03. The zero-order valence-corrected chi connectivity index (χ0v) is 18.5. The van der Waals surface area contributed by atoms with Crippen molar-refractivity contribution in [2.75, 3.05) is 0 Å². The molecule has 0 N–H and O–H groups in total. The average Bonchev–Trinajstić information content (AvgIpc) is 3.44. The number of nitrogens with zero attached hydrogens (tertiary/aromatic N) is 1. The van der Waals surface area contributed by atoms with Crippen LogP contribution < -0.4 is 0 Å². The molecule has 0 fully saturated rings. The maximum atomic E-state index is 6.29.